The number of aromatic nitrogens is 2. The lowest BCUT2D eigenvalue weighted by atomic mass is 10.0. The lowest BCUT2D eigenvalue weighted by Crippen LogP contribution is -2.12. The van der Waals surface area contributed by atoms with E-state index in [1.807, 2.05) is 24.3 Å². The van der Waals surface area contributed by atoms with Crippen LogP contribution in [0.4, 0.5) is 5.82 Å². The number of thioether (sulfide) groups is 1. The van der Waals surface area contributed by atoms with Gasteiger partial charge in [-0.3, -0.25) is 0 Å². The minimum absolute atomic E-state index is 0.570. The van der Waals surface area contributed by atoms with E-state index in [1.54, 1.807) is 11.8 Å². The van der Waals surface area contributed by atoms with Crippen LogP contribution in [0.5, 0.6) is 0 Å². The first kappa shape index (κ1) is 14.4. The van der Waals surface area contributed by atoms with Gasteiger partial charge in [0.1, 0.15) is 11.6 Å². The smallest absolute Gasteiger partial charge is 0.143 e. The van der Waals surface area contributed by atoms with Crippen LogP contribution < -0.4 is 11.3 Å². The highest BCUT2D eigenvalue weighted by atomic mass is 32.2. The summed E-state index contributed by atoms with van der Waals surface area (Å²) in [6.07, 6.45) is 5.06. The quantitative estimate of drug-likeness (QED) is 0.500. The van der Waals surface area contributed by atoms with Crippen LogP contribution in [0.15, 0.2) is 41.3 Å². The maximum atomic E-state index is 5.55. The summed E-state index contributed by atoms with van der Waals surface area (Å²) in [6, 6.07) is 12.3. The Labute approximate surface area is 129 Å². The number of hydrogen-bond donors (Lipinski definition) is 2. The average molecular weight is 300 g/mol. The summed E-state index contributed by atoms with van der Waals surface area (Å²) < 4.78 is 0. The maximum absolute atomic E-state index is 5.55. The molecule has 110 valence electrons. The van der Waals surface area contributed by atoms with E-state index in [0.29, 0.717) is 5.92 Å². The molecule has 1 aromatic heterocycles. The van der Waals surface area contributed by atoms with Gasteiger partial charge >= 0.3 is 0 Å². The molecule has 1 fully saturated rings. The summed E-state index contributed by atoms with van der Waals surface area (Å²) in [7, 11) is 0. The summed E-state index contributed by atoms with van der Waals surface area (Å²) in [5.74, 6) is 8.45. The highest BCUT2D eigenvalue weighted by molar-refractivity contribution is 7.98. The predicted octanol–water partition coefficient (Wildman–Crippen LogP) is 3.71. The second kappa shape index (κ2) is 6.91. The Kier molecular flexibility index (Phi) is 4.72. The van der Waals surface area contributed by atoms with Crippen molar-refractivity contribution in [1.82, 2.24) is 9.97 Å². The van der Waals surface area contributed by atoms with Crippen LogP contribution >= 0.6 is 11.8 Å². The fraction of sp³-hybridized carbons (Fsp3) is 0.375. The van der Waals surface area contributed by atoms with Gasteiger partial charge in [0.15, 0.2) is 0 Å². The van der Waals surface area contributed by atoms with Crippen LogP contribution in [0.1, 0.15) is 43.1 Å². The van der Waals surface area contributed by atoms with Gasteiger partial charge in [0.2, 0.25) is 0 Å². The van der Waals surface area contributed by atoms with Gasteiger partial charge < -0.3 is 5.43 Å². The number of benzene rings is 1. The maximum Gasteiger partial charge on any atom is 0.143 e. The number of hydrogen-bond acceptors (Lipinski definition) is 5. The average Bonchev–Trinajstić information content (AvgIpc) is 3.08. The molecule has 0 bridgehead atoms. The summed E-state index contributed by atoms with van der Waals surface area (Å²) in [5.41, 5.74) is 3.81. The molecule has 1 heterocycles. The van der Waals surface area contributed by atoms with E-state index >= 15 is 0 Å². The molecule has 3 N–H and O–H groups in total. The molecule has 1 aromatic carbocycles. The van der Waals surface area contributed by atoms with Crippen molar-refractivity contribution >= 4 is 17.6 Å². The van der Waals surface area contributed by atoms with Gasteiger partial charge in [-0.25, -0.2) is 15.8 Å². The normalized spacial score (nSPS) is 15.3. The molecular weight excluding hydrogens is 280 g/mol. The number of rotatable bonds is 5. The third kappa shape index (κ3) is 3.74. The van der Waals surface area contributed by atoms with E-state index in [9.17, 15) is 0 Å². The molecule has 5 heteroatoms. The van der Waals surface area contributed by atoms with Gasteiger partial charge in [-0.15, -0.1) is 11.8 Å². The predicted molar refractivity (Wildman–Crippen MR) is 87.1 cm³/mol. The highest BCUT2D eigenvalue weighted by Crippen LogP contribution is 2.34. The van der Waals surface area contributed by atoms with Crippen LogP contribution in [-0.4, -0.2) is 9.97 Å². The molecule has 0 aliphatic heterocycles. The monoisotopic (exact) mass is 300 g/mol. The number of hydrazine groups is 1. The van der Waals surface area contributed by atoms with E-state index < -0.39 is 0 Å². The number of nitrogens with zero attached hydrogens (tertiary/aromatic N) is 2. The topological polar surface area (TPSA) is 63.8 Å². The van der Waals surface area contributed by atoms with Gasteiger partial charge in [0.25, 0.3) is 0 Å². The zero-order valence-corrected chi connectivity index (χ0v) is 12.8. The van der Waals surface area contributed by atoms with E-state index in [0.717, 1.165) is 23.1 Å². The lowest BCUT2D eigenvalue weighted by molar-refractivity contribution is 0.689. The van der Waals surface area contributed by atoms with Crippen molar-refractivity contribution in [1.29, 1.82) is 0 Å². The zero-order valence-electron chi connectivity index (χ0n) is 12.0. The molecule has 21 heavy (non-hydrogen) atoms. The molecule has 0 atom stereocenters. The van der Waals surface area contributed by atoms with Crippen LogP contribution in [-0.2, 0) is 5.75 Å². The molecule has 0 amide bonds. The Morgan fingerprint density at radius 3 is 2.62 bits per heavy atom. The molecule has 1 aliphatic rings. The molecule has 1 saturated carbocycles. The van der Waals surface area contributed by atoms with Gasteiger partial charge in [0.05, 0.1) is 5.75 Å². The molecule has 4 nitrogen and oxygen atoms in total. The Morgan fingerprint density at radius 1 is 1.14 bits per heavy atom. The number of anilines is 1. The first-order valence-electron chi connectivity index (χ1n) is 7.37. The second-order valence-electron chi connectivity index (χ2n) is 5.32. The second-order valence-corrected chi connectivity index (χ2v) is 6.37. The molecular formula is C16H20N4S. The molecule has 0 unspecified atom stereocenters. The van der Waals surface area contributed by atoms with Gasteiger partial charge in [0, 0.05) is 22.6 Å². The van der Waals surface area contributed by atoms with E-state index in [2.05, 4.69) is 22.5 Å². The standard InChI is InChI=1S/C16H20N4S/c17-20-15-10-14(12-6-4-5-7-12)18-16(19-15)11-21-13-8-2-1-3-9-13/h1-3,8-10,12H,4-7,11,17H2,(H,18,19,20). The fourth-order valence-corrected chi connectivity index (χ4v) is 3.53. The summed E-state index contributed by atoms with van der Waals surface area (Å²) in [5, 5.41) is 0. The first-order chi connectivity index (χ1) is 10.3. The molecule has 3 rings (SSSR count). The van der Waals surface area contributed by atoms with Crippen molar-refractivity contribution in [2.24, 2.45) is 5.84 Å². The minimum atomic E-state index is 0.570. The Morgan fingerprint density at radius 2 is 1.90 bits per heavy atom. The Bertz CT molecular complexity index is 582. The molecule has 1 aliphatic carbocycles. The van der Waals surface area contributed by atoms with Crippen molar-refractivity contribution in [3.63, 3.8) is 0 Å². The van der Waals surface area contributed by atoms with Crippen molar-refractivity contribution in [2.75, 3.05) is 5.43 Å². The Hall–Kier alpha value is -1.59. The summed E-state index contributed by atoms with van der Waals surface area (Å²) >= 11 is 1.75. The highest BCUT2D eigenvalue weighted by Gasteiger charge is 2.19. The zero-order chi connectivity index (χ0) is 14.5. The van der Waals surface area contributed by atoms with Crippen molar-refractivity contribution in [3.8, 4) is 0 Å². The largest absolute Gasteiger partial charge is 0.308 e. The van der Waals surface area contributed by atoms with Crippen LogP contribution in [0.25, 0.3) is 0 Å². The Balaban J connectivity index is 1.75. The first-order valence-corrected chi connectivity index (χ1v) is 8.36. The number of nitrogens with one attached hydrogen (secondary N) is 1. The molecule has 2 aromatic rings. The minimum Gasteiger partial charge on any atom is -0.308 e. The van der Waals surface area contributed by atoms with Crippen LogP contribution in [0.3, 0.4) is 0 Å². The number of nitrogens with two attached hydrogens (primary N) is 1. The van der Waals surface area contributed by atoms with E-state index in [4.69, 9.17) is 10.8 Å². The molecule has 0 spiro atoms. The lowest BCUT2D eigenvalue weighted by Gasteiger charge is -2.12. The van der Waals surface area contributed by atoms with Crippen molar-refractivity contribution < 1.29 is 0 Å². The van der Waals surface area contributed by atoms with Gasteiger partial charge in [-0.1, -0.05) is 31.0 Å². The van der Waals surface area contributed by atoms with E-state index in [-0.39, 0.29) is 0 Å². The van der Waals surface area contributed by atoms with Crippen molar-refractivity contribution in [3.05, 3.63) is 47.9 Å². The third-order valence-corrected chi connectivity index (χ3v) is 4.83. The summed E-state index contributed by atoms with van der Waals surface area (Å²) in [4.78, 5) is 10.5. The van der Waals surface area contributed by atoms with Crippen LogP contribution in [0, 0.1) is 0 Å². The fourth-order valence-electron chi connectivity index (χ4n) is 2.75. The van der Waals surface area contributed by atoms with Gasteiger partial charge in [-0.05, 0) is 25.0 Å². The van der Waals surface area contributed by atoms with Crippen molar-refractivity contribution in [2.45, 2.75) is 42.2 Å². The van der Waals surface area contributed by atoms with E-state index in [1.165, 1.54) is 30.6 Å². The third-order valence-electron chi connectivity index (χ3n) is 3.82. The number of nitrogen functional groups attached to an aromatic ring is 1. The molecule has 0 radical (unpaired) electrons. The van der Waals surface area contributed by atoms with Crippen LogP contribution in [0.2, 0.25) is 0 Å². The molecule has 0 saturated heterocycles. The summed E-state index contributed by atoms with van der Waals surface area (Å²) in [6.45, 7) is 0. The SMILES string of the molecule is NNc1cc(C2CCCC2)nc(CSc2ccccc2)n1. The van der Waals surface area contributed by atoms with Gasteiger partial charge in [-0.2, -0.15) is 0 Å².